The molecule has 10 nitrogen and oxygen atoms in total. The number of nitro groups is 1. The monoisotopic (exact) mass is 422 g/mol. The average Bonchev–Trinajstić information content (AvgIpc) is 3.17. The van der Waals surface area contributed by atoms with Crippen LogP contribution in [0.25, 0.3) is 0 Å². The van der Waals surface area contributed by atoms with Crippen molar-refractivity contribution in [1.82, 2.24) is 15.2 Å². The van der Waals surface area contributed by atoms with E-state index in [2.05, 4.69) is 25.5 Å². The molecule has 0 fully saturated rings. The van der Waals surface area contributed by atoms with Gasteiger partial charge in [-0.2, -0.15) is 0 Å². The second kappa shape index (κ2) is 10.5. The van der Waals surface area contributed by atoms with Crippen molar-refractivity contribution >= 4 is 27.2 Å². The number of sulfone groups is 1. The van der Waals surface area contributed by atoms with Crippen LogP contribution in [0.15, 0.2) is 52.6 Å². The van der Waals surface area contributed by atoms with Gasteiger partial charge in [-0.05, 0) is 31.2 Å². The van der Waals surface area contributed by atoms with Crippen LogP contribution in [0.3, 0.4) is 0 Å². The van der Waals surface area contributed by atoms with Crippen molar-refractivity contribution in [2.24, 2.45) is 4.99 Å². The number of nitrogens with one attached hydrogen (secondary N) is 3. The van der Waals surface area contributed by atoms with E-state index in [-0.39, 0.29) is 16.3 Å². The molecule has 0 amide bonds. The maximum Gasteiger partial charge on any atom is 0.293 e. The normalized spacial score (nSPS) is 11.9. The van der Waals surface area contributed by atoms with Gasteiger partial charge in [0.05, 0.1) is 16.4 Å². The van der Waals surface area contributed by atoms with Crippen LogP contribution in [0.1, 0.15) is 6.92 Å². The quantitative estimate of drug-likeness (QED) is 0.174. The Labute approximate surface area is 170 Å². The summed E-state index contributed by atoms with van der Waals surface area (Å²) in [6.45, 7) is 4.91. The summed E-state index contributed by atoms with van der Waals surface area (Å²) in [5.74, 6) is 0.656. The Kier molecular flexibility index (Phi) is 8.01. The Morgan fingerprint density at radius 2 is 1.93 bits per heavy atom. The molecule has 2 aromatic rings. The zero-order valence-electron chi connectivity index (χ0n) is 16.5. The SMILES string of the molecule is CCNC(=NCCNc1ccc(S(C)(=O)=O)cc1[N+](=O)[O-])NCCn1cccc1. The first-order chi connectivity index (χ1) is 13.8. The third kappa shape index (κ3) is 7.11. The molecule has 0 spiro atoms. The van der Waals surface area contributed by atoms with Crippen molar-refractivity contribution in [1.29, 1.82) is 0 Å². The van der Waals surface area contributed by atoms with Gasteiger partial charge < -0.3 is 20.5 Å². The first kappa shape index (κ1) is 22.2. The first-order valence-electron chi connectivity index (χ1n) is 9.16. The van der Waals surface area contributed by atoms with Crippen LogP contribution < -0.4 is 16.0 Å². The Bertz CT molecular complexity index is 941. The Hall–Kier alpha value is -3.08. The van der Waals surface area contributed by atoms with E-state index in [4.69, 9.17) is 0 Å². The molecule has 0 atom stereocenters. The van der Waals surface area contributed by atoms with Gasteiger partial charge in [-0.1, -0.05) is 0 Å². The minimum Gasteiger partial charge on any atom is -0.378 e. The molecule has 0 aliphatic heterocycles. The smallest absolute Gasteiger partial charge is 0.293 e. The summed E-state index contributed by atoms with van der Waals surface area (Å²) < 4.78 is 25.3. The third-order valence-electron chi connectivity index (χ3n) is 3.96. The van der Waals surface area contributed by atoms with Gasteiger partial charge in [-0.15, -0.1) is 0 Å². The topological polar surface area (TPSA) is 131 Å². The van der Waals surface area contributed by atoms with Crippen LogP contribution in [0.4, 0.5) is 11.4 Å². The molecule has 0 radical (unpaired) electrons. The molecular weight excluding hydrogens is 396 g/mol. The minimum atomic E-state index is -3.52. The van der Waals surface area contributed by atoms with Crippen molar-refractivity contribution in [3.63, 3.8) is 0 Å². The first-order valence-corrected chi connectivity index (χ1v) is 11.1. The number of anilines is 1. The van der Waals surface area contributed by atoms with Gasteiger partial charge in [0.25, 0.3) is 5.69 Å². The summed E-state index contributed by atoms with van der Waals surface area (Å²) >= 11 is 0. The fraction of sp³-hybridized carbons (Fsp3) is 0.389. The zero-order chi connectivity index (χ0) is 21.3. The molecule has 2 rings (SSSR count). The maximum atomic E-state index is 11.6. The number of aromatic nitrogens is 1. The highest BCUT2D eigenvalue weighted by molar-refractivity contribution is 7.90. The molecular formula is C18H26N6O4S. The minimum absolute atomic E-state index is 0.0888. The van der Waals surface area contributed by atoms with Gasteiger partial charge >= 0.3 is 0 Å². The lowest BCUT2D eigenvalue weighted by Gasteiger charge is -2.12. The van der Waals surface area contributed by atoms with Crippen molar-refractivity contribution in [3.05, 3.63) is 52.8 Å². The number of nitrogens with zero attached hydrogens (tertiary/aromatic N) is 3. The zero-order valence-corrected chi connectivity index (χ0v) is 17.3. The summed E-state index contributed by atoms with van der Waals surface area (Å²) in [5, 5.41) is 20.6. The van der Waals surface area contributed by atoms with E-state index in [1.54, 1.807) is 0 Å². The highest BCUT2D eigenvalue weighted by Crippen LogP contribution is 2.27. The summed E-state index contributed by atoms with van der Waals surface area (Å²) in [5.41, 5.74) is -0.0307. The molecule has 1 aromatic carbocycles. The van der Waals surface area contributed by atoms with Crippen LogP contribution in [0.5, 0.6) is 0 Å². The standard InChI is InChI=1S/C18H26N6O4S/c1-3-19-18(22-10-13-23-11-4-5-12-23)21-9-8-20-16-7-6-15(29(2,27)28)14-17(16)24(25)26/h4-7,11-12,14,20H,3,8-10,13H2,1-2H3,(H2,19,21,22). The summed E-state index contributed by atoms with van der Waals surface area (Å²) in [6, 6.07) is 7.74. The molecule has 0 aliphatic rings. The number of aliphatic imine (C=N–C) groups is 1. The van der Waals surface area contributed by atoms with Crippen LogP contribution in [-0.2, 0) is 16.4 Å². The Balaban J connectivity index is 1.93. The molecule has 0 unspecified atom stereocenters. The van der Waals surface area contributed by atoms with Crippen molar-refractivity contribution < 1.29 is 13.3 Å². The van der Waals surface area contributed by atoms with Crippen molar-refractivity contribution in [2.45, 2.75) is 18.4 Å². The summed E-state index contributed by atoms with van der Waals surface area (Å²) in [6.07, 6.45) is 4.98. The van der Waals surface area contributed by atoms with E-state index in [1.165, 1.54) is 12.1 Å². The number of nitro benzene ring substituents is 1. The number of hydrogen-bond donors (Lipinski definition) is 3. The molecule has 0 saturated heterocycles. The van der Waals surface area contributed by atoms with E-state index in [9.17, 15) is 18.5 Å². The fourth-order valence-corrected chi connectivity index (χ4v) is 3.21. The second-order valence-corrected chi connectivity index (χ2v) is 8.26. The van der Waals surface area contributed by atoms with Crippen LogP contribution in [0, 0.1) is 10.1 Å². The van der Waals surface area contributed by atoms with Crippen molar-refractivity contribution in [2.75, 3.05) is 37.8 Å². The largest absolute Gasteiger partial charge is 0.378 e. The van der Waals surface area contributed by atoms with Gasteiger partial charge in [0.1, 0.15) is 5.69 Å². The number of guanidine groups is 1. The predicted molar refractivity (Wildman–Crippen MR) is 113 cm³/mol. The lowest BCUT2D eigenvalue weighted by molar-refractivity contribution is -0.384. The maximum absolute atomic E-state index is 11.6. The van der Waals surface area contributed by atoms with E-state index in [0.29, 0.717) is 32.1 Å². The van der Waals surface area contributed by atoms with E-state index >= 15 is 0 Å². The molecule has 0 aliphatic carbocycles. The van der Waals surface area contributed by atoms with Crippen LogP contribution >= 0.6 is 0 Å². The predicted octanol–water partition coefficient (Wildman–Crippen LogP) is 1.47. The molecule has 1 heterocycles. The third-order valence-corrected chi connectivity index (χ3v) is 5.07. The molecule has 11 heteroatoms. The van der Waals surface area contributed by atoms with Gasteiger partial charge in [0.2, 0.25) is 0 Å². The number of rotatable bonds is 10. The highest BCUT2D eigenvalue weighted by atomic mass is 32.2. The van der Waals surface area contributed by atoms with E-state index in [1.807, 2.05) is 31.5 Å². The lowest BCUT2D eigenvalue weighted by Crippen LogP contribution is -2.39. The average molecular weight is 423 g/mol. The van der Waals surface area contributed by atoms with Crippen LogP contribution in [0.2, 0.25) is 0 Å². The van der Waals surface area contributed by atoms with E-state index in [0.717, 1.165) is 18.9 Å². The molecule has 0 saturated carbocycles. The Morgan fingerprint density at radius 3 is 2.55 bits per heavy atom. The highest BCUT2D eigenvalue weighted by Gasteiger charge is 2.18. The fourth-order valence-electron chi connectivity index (χ4n) is 2.57. The van der Waals surface area contributed by atoms with Gasteiger partial charge in [0.15, 0.2) is 15.8 Å². The molecule has 158 valence electrons. The second-order valence-electron chi connectivity index (χ2n) is 6.24. The van der Waals surface area contributed by atoms with E-state index < -0.39 is 14.8 Å². The van der Waals surface area contributed by atoms with Gasteiger partial charge in [0, 0.05) is 50.9 Å². The number of hydrogen-bond acceptors (Lipinski definition) is 6. The van der Waals surface area contributed by atoms with Crippen LogP contribution in [-0.4, -0.2) is 56.3 Å². The molecule has 0 bridgehead atoms. The summed E-state index contributed by atoms with van der Waals surface area (Å²) in [4.78, 5) is 15.0. The molecule has 29 heavy (non-hydrogen) atoms. The lowest BCUT2D eigenvalue weighted by atomic mass is 10.2. The number of benzene rings is 1. The van der Waals surface area contributed by atoms with Crippen molar-refractivity contribution in [3.8, 4) is 0 Å². The van der Waals surface area contributed by atoms with Gasteiger partial charge in [-0.3, -0.25) is 15.1 Å². The molecule has 3 N–H and O–H groups in total. The van der Waals surface area contributed by atoms with Gasteiger partial charge in [-0.25, -0.2) is 8.42 Å². The Morgan fingerprint density at radius 1 is 1.21 bits per heavy atom. The molecule has 1 aromatic heterocycles. The summed E-state index contributed by atoms with van der Waals surface area (Å²) in [7, 11) is -3.52.